The zero-order chi connectivity index (χ0) is 22.3. The van der Waals surface area contributed by atoms with E-state index in [1.165, 1.54) is 0 Å². The first-order valence-corrected chi connectivity index (χ1v) is 11.1. The molecule has 5 nitrogen and oxygen atoms in total. The van der Waals surface area contributed by atoms with Crippen LogP contribution in [-0.4, -0.2) is 29.8 Å². The van der Waals surface area contributed by atoms with Gasteiger partial charge in [-0.2, -0.15) is 0 Å². The van der Waals surface area contributed by atoms with Crippen molar-refractivity contribution in [3.05, 3.63) is 96.1 Å². The van der Waals surface area contributed by atoms with Crippen LogP contribution in [0.5, 0.6) is 0 Å². The zero-order valence-electron chi connectivity index (χ0n) is 18.3. The van der Waals surface area contributed by atoms with Gasteiger partial charge in [0.15, 0.2) is 0 Å². The molecule has 3 aromatic rings. The van der Waals surface area contributed by atoms with E-state index in [-0.39, 0.29) is 17.7 Å². The lowest BCUT2D eigenvalue weighted by Crippen LogP contribution is -2.44. The van der Waals surface area contributed by atoms with Gasteiger partial charge in [-0.05, 0) is 62.7 Å². The summed E-state index contributed by atoms with van der Waals surface area (Å²) in [5.41, 5.74) is 3.72. The number of amides is 2. The van der Waals surface area contributed by atoms with Gasteiger partial charge in [-0.25, -0.2) is 0 Å². The van der Waals surface area contributed by atoms with Crippen LogP contribution in [0.3, 0.4) is 0 Å². The number of likely N-dealkylation sites (tertiary alicyclic amines) is 1. The number of hydrogen-bond donors (Lipinski definition) is 2. The van der Waals surface area contributed by atoms with Gasteiger partial charge in [0.2, 0.25) is 11.8 Å². The minimum absolute atomic E-state index is 0.0489. The van der Waals surface area contributed by atoms with Gasteiger partial charge in [0.1, 0.15) is 6.04 Å². The Balaban J connectivity index is 1.44. The second kappa shape index (κ2) is 10.2. The Labute approximate surface area is 189 Å². The van der Waals surface area contributed by atoms with E-state index in [1.807, 2.05) is 91.9 Å². The van der Waals surface area contributed by atoms with E-state index < -0.39 is 6.04 Å². The summed E-state index contributed by atoms with van der Waals surface area (Å²) >= 11 is 0. The molecule has 1 fully saturated rings. The van der Waals surface area contributed by atoms with Crippen molar-refractivity contribution < 1.29 is 9.59 Å². The summed E-state index contributed by atoms with van der Waals surface area (Å²) in [5, 5.41) is 6.08. The Kier molecular flexibility index (Phi) is 6.97. The molecule has 2 N–H and O–H groups in total. The molecule has 1 aliphatic rings. The Morgan fingerprint density at radius 3 is 1.97 bits per heavy atom. The predicted molar refractivity (Wildman–Crippen MR) is 128 cm³/mol. The maximum Gasteiger partial charge on any atom is 0.246 e. The predicted octanol–water partition coefficient (Wildman–Crippen LogP) is 5.03. The topological polar surface area (TPSA) is 61.4 Å². The fraction of sp³-hybridized carbons (Fsp3) is 0.259. The van der Waals surface area contributed by atoms with Crippen LogP contribution in [0.15, 0.2) is 84.9 Å². The normalized spacial score (nSPS) is 15.7. The van der Waals surface area contributed by atoms with Crippen LogP contribution in [-0.2, 0) is 9.59 Å². The van der Waals surface area contributed by atoms with Crippen LogP contribution >= 0.6 is 0 Å². The van der Waals surface area contributed by atoms with Crippen molar-refractivity contribution in [3.8, 4) is 0 Å². The highest BCUT2D eigenvalue weighted by Crippen LogP contribution is 2.29. The van der Waals surface area contributed by atoms with E-state index >= 15 is 0 Å². The highest BCUT2D eigenvalue weighted by molar-refractivity contribution is 5.96. The van der Waals surface area contributed by atoms with Crippen molar-refractivity contribution >= 4 is 23.2 Å². The summed E-state index contributed by atoms with van der Waals surface area (Å²) in [6.07, 6.45) is 1.44. The number of anilines is 2. The Morgan fingerprint density at radius 2 is 1.34 bits per heavy atom. The minimum Gasteiger partial charge on any atom is -0.326 e. The molecule has 0 spiro atoms. The lowest BCUT2D eigenvalue weighted by molar-refractivity contribution is -0.123. The monoisotopic (exact) mass is 427 g/mol. The fourth-order valence-electron chi connectivity index (χ4n) is 4.20. The van der Waals surface area contributed by atoms with E-state index in [1.54, 1.807) is 0 Å². The summed E-state index contributed by atoms with van der Waals surface area (Å²) in [4.78, 5) is 28.2. The van der Waals surface area contributed by atoms with Crippen LogP contribution < -0.4 is 10.6 Å². The van der Waals surface area contributed by atoms with E-state index in [0.29, 0.717) is 13.1 Å². The molecule has 164 valence electrons. The van der Waals surface area contributed by atoms with Gasteiger partial charge in [-0.15, -0.1) is 0 Å². The van der Waals surface area contributed by atoms with Crippen LogP contribution in [0.4, 0.5) is 11.4 Å². The van der Waals surface area contributed by atoms with Crippen LogP contribution in [0, 0.1) is 12.8 Å². The van der Waals surface area contributed by atoms with Gasteiger partial charge in [0.05, 0.1) is 0 Å². The van der Waals surface area contributed by atoms with Gasteiger partial charge in [-0.1, -0.05) is 66.2 Å². The van der Waals surface area contributed by atoms with Crippen LogP contribution in [0.1, 0.15) is 30.0 Å². The average molecular weight is 428 g/mol. The summed E-state index contributed by atoms with van der Waals surface area (Å²) in [7, 11) is 0. The SMILES string of the molecule is Cc1ccc(NC(=O)C(c2ccccc2)N2CCC(C(=O)Nc3ccccc3)CC2)cc1. The number of hydrogen-bond acceptors (Lipinski definition) is 3. The maximum atomic E-state index is 13.3. The third-order valence-electron chi connectivity index (χ3n) is 5.99. The molecule has 4 rings (SSSR count). The summed E-state index contributed by atoms with van der Waals surface area (Å²) in [6.45, 7) is 3.40. The second-order valence-corrected chi connectivity index (χ2v) is 8.33. The molecule has 1 heterocycles. The molecule has 5 heteroatoms. The maximum absolute atomic E-state index is 13.3. The molecule has 0 aliphatic carbocycles. The molecule has 0 radical (unpaired) electrons. The number of rotatable bonds is 6. The van der Waals surface area contributed by atoms with E-state index in [0.717, 1.165) is 35.3 Å². The van der Waals surface area contributed by atoms with Crippen molar-refractivity contribution in [1.82, 2.24) is 4.90 Å². The number of para-hydroxylation sites is 1. The highest BCUT2D eigenvalue weighted by atomic mass is 16.2. The standard InChI is InChI=1S/C27H29N3O2/c1-20-12-14-24(15-13-20)29-27(32)25(21-8-4-2-5-9-21)30-18-16-22(17-19-30)26(31)28-23-10-6-3-7-11-23/h2-15,22,25H,16-19H2,1H3,(H,28,31)(H,29,32). The average Bonchev–Trinajstić information content (AvgIpc) is 2.82. The van der Waals surface area contributed by atoms with Crippen LogP contribution in [0.25, 0.3) is 0 Å². The number of aryl methyl sites for hydroxylation is 1. The van der Waals surface area contributed by atoms with E-state index in [2.05, 4.69) is 15.5 Å². The third kappa shape index (κ3) is 5.42. The van der Waals surface area contributed by atoms with Gasteiger partial charge < -0.3 is 10.6 Å². The van der Waals surface area contributed by atoms with Crippen molar-refractivity contribution in [1.29, 1.82) is 0 Å². The molecular formula is C27H29N3O2. The number of nitrogens with one attached hydrogen (secondary N) is 2. The van der Waals surface area contributed by atoms with Gasteiger partial charge in [0.25, 0.3) is 0 Å². The quantitative estimate of drug-likeness (QED) is 0.580. The van der Waals surface area contributed by atoms with E-state index in [9.17, 15) is 9.59 Å². The Hall–Kier alpha value is -3.44. The van der Waals surface area contributed by atoms with Crippen molar-refractivity contribution in [3.63, 3.8) is 0 Å². The second-order valence-electron chi connectivity index (χ2n) is 8.33. The highest BCUT2D eigenvalue weighted by Gasteiger charge is 2.33. The molecule has 1 unspecified atom stereocenters. The fourth-order valence-corrected chi connectivity index (χ4v) is 4.20. The van der Waals surface area contributed by atoms with Gasteiger partial charge in [-0.3, -0.25) is 14.5 Å². The lowest BCUT2D eigenvalue weighted by Gasteiger charge is -2.36. The Bertz CT molecular complexity index is 1030. The zero-order valence-corrected chi connectivity index (χ0v) is 18.3. The number of nitrogens with zero attached hydrogens (tertiary/aromatic N) is 1. The minimum atomic E-state index is -0.393. The first-order valence-electron chi connectivity index (χ1n) is 11.1. The van der Waals surface area contributed by atoms with Crippen molar-refractivity contribution in [2.24, 2.45) is 5.92 Å². The number of carbonyl (C=O) groups is 2. The molecule has 1 atom stereocenters. The molecule has 0 bridgehead atoms. The molecule has 32 heavy (non-hydrogen) atoms. The molecule has 1 saturated heterocycles. The summed E-state index contributed by atoms with van der Waals surface area (Å²) < 4.78 is 0. The lowest BCUT2D eigenvalue weighted by atomic mass is 9.93. The van der Waals surface area contributed by atoms with Crippen molar-refractivity contribution in [2.45, 2.75) is 25.8 Å². The smallest absolute Gasteiger partial charge is 0.246 e. The van der Waals surface area contributed by atoms with Gasteiger partial charge in [0, 0.05) is 17.3 Å². The summed E-state index contributed by atoms with van der Waals surface area (Å²) in [6, 6.07) is 26.9. The van der Waals surface area contributed by atoms with Crippen LogP contribution in [0.2, 0.25) is 0 Å². The number of piperidine rings is 1. The molecule has 0 aromatic heterocycles. The Morgan fingerprint density at radius 1 is 0.781 bits per heavy atom. The number of benzene rings is 3. The number of carbonyl (C=O) groups excluding carboxylic acids is 2. The van der Waals surface area contributed by atoms with Gasteiger partial charge >= 0.3 is 0 Å². The van der Waals surface area contributed by atoms with E-state index in [4.69, 9.17) is 0 Å². The first-order chi connectivity index (χ1) is 15.6. The third-order valence-corrected chi connectivity index (χ3v) is 5.99. The molecule has 1 aliphatic heterocycles. The molecule has 3 aromatic carbocycles. The molecule has 0 saturated carbocycles. The van der Waals surface area contributed by atoms with Crippen molar-refractivity contribution in [2.75, 3.05) is 23.7 Å². The largest absolute Gasteiger partial charge is 0.326 e. The summed E-state index contributed by atoms with van der Waals surface area (Å²) in [5.74, 6) is -0.0495. The first kappa shape index (κ1) is 21.8. The molecular weight excluding hydrogens is 398 g/mol. The molecule has 2 amide bonds.